The molecular weight excluding hydrogens is 312 g/mol. The van der Waals surface area contributed by atoms with Gasteiger partial charge in [-0.2, -0.15) is 17.4 Å². The van der Waals surface area contributed by atoms with Crippen LogP contribution in [0.2, 0.25) is 0 Å². The lowest BCUT2D eigenvalue weighted by Gasteiger charge is -2.30. The maximum atomic E-state index is 12.5. The largest absolute Gasteiger partial charge is 0.330 e. The molecule has 0 radical (unpaired) electrons. The number of imidazole rings is 1. The summed E-state index contributed by atoms with van der Waals surface area (Å²) >= 11 is 0. The van der Waals surface area contributed by atoms with Gasteiger partial charge in [0, 0.05) is 20.1 Å². The smallest absolute Gasteiger partial charge is 0.279 e. The maximum Gasteiger partial charge on any atom is 0.279 e. The van der Waals surface area contributed by atoms with E-state index in [2.05, 4.69) is 9.71 Å². The lowest BCUT2D eigenvalue weighted by Crippen LogP contribution is -2.44. The number of hydrogen-bond donors (Lipinski definition) is 1. The summed E-state index contributed by atoms with van der Waals surface area (Å²) < 4.78 is 31.1. The van der Waals surface area contributed by atoms with Crippen molar-refractivity contribution in [1.29, 1.82) is 0 Å². The normalized spacial score (nSPS) is 17.2. The zero-order valence-corrected chi connectivity index (χ0v) is 14.5. The molecule has 6 nitrogen and oxygen atoms in total. The van der Waals surface area contributed by atoms with Gasteiger partial charge in [-0.25, -0.2) is 4.98 Å². The molecule has 1 saturated carbocycles. The van der Waals surface area contributed by atoms with Crippen molar-refractivity contribution in [1.82, 2.24) is 18.6 Å². The second-order valence-corrected chi connectivity index (χ2v) is 8.02. The third kappa shape index (κ3) is 3.41. The minimum absolute atomic E-state index is 0.113. The highest BCUT2D eigenvalue weighted by Crippen LogP contribution is 2.23. The van der Waals surface area contributed by atoms with Crippen LogP contribution in [0.15, 0.2) is 24.3 Å². The molecule has 1 aromatic carbocycles. The zero-order chi connectivity index (χ0) is 16.4. The first-order chi connectivity index (χ1) is 11.0. The molecule has 0 saturated heterocycles. The van der Waals surface area contributed by atoms with Crippen molar-refractivity contribution in [3.63, 3.8) is 0 Å². The molecule has 1 aliphatic carbocycles. The number of benzene rings is 1. The first-order valence-corrected chi connectivity index (χ1v) is 9.56. The van der Waals surface area contributed by atoms with Crippen LogP contribution in [-0.2, 0) is 23.8 Å². The lowest BCUT2D eigenvalue weighted by atomic mass is 9.96. The molecule has 1 N–H and O–H groups in total. The summed E-state index contributed by atoms with van der Waals surface area (Å²) in [6, 6.07) is 7.91. The van der Waals surface area contributed by atoms with Crippen LogP contribution in [0.25, 0.3) is 11.0 Å². The molecule has 3 rings (SSSR count). The van der Waals surface area contributed by atoms with Crippen molar-refractivity contribution in [2.24, 2.45) is 7.05 Å². The molecule has 23 heavy (non-hydrogen) atoms. The Morgan fingerprint density at radius 1 is 1.26 bits per heavy atom. The summed E-state index contributed by atoms with van der Waals surface area (Å²) in [4.78, 5) is 4.50. The molecule has 126 valence electrons. The van der Waals surface area contributed by atoms with Crippen LogP contribution < -0.4 is 4.72 Å². The molecule has 0 unspecified atom stereocenters. The van der Waals surface area contributed by atoms with Crippen molar-refractivity contribution in [2.45, 2.75) is 44.7 Å². The van der Waals surface area contributed by atoms with Gasteiger partial charge >= 0.3 is 0 Å². The molecule has 0 amide bonds. The van der Waals surface area contributed by atoms with E-state index in [0.29, 0.717) is 5.82 Å². The van der Waals surface area contributed by atoms with Crippen LogP contribution in [0.3, 0.4) is 0 Å². The van der Waals surface area contributed by atoms with Gasteiger partial charge in [-0.3, -0.25) is 0 Å². The Balaban J connectivity index is 1.71. The molecule has 2 aromatic rings. The van der Waals surface area contributed by atoms with Gasteiger partial charge in [-0.05, 0) is 25.0 Å². The van der Waals surface area contributed by atoms with Crippen LogP contribution >= 0.6 is 0 Å². The quantitative estimate of drug-likeness (QED) is 0.910. The third-order valence-corrected chi connectivity index (χ3v) is 6.33. The van der Waals surface area contributed by atoms with Gasteiger partial charge in [0.15, 0.2) is 0 Å². The van der Waals surface area contributed by atoms with Gasteiger partial charge in [-0.15, -0.1) is 0 Å². The van der Waals surface area contributed by atoms with Crippen LogP contribution in [0.1, 0.15) is 37.9 Å². The van der Waals surface area contributed by atoms with Gasteiger partial charge in [0.2, 0.25) is 0 Å². The first-order valence-electron chi connectivity index (χ1n) is 8.12. The molecular formula is C16H24N4O2S. The Hall–Kier alpha value is -1.44. The van der Waals surface area contributed by atoms with Gasteiger partial charge in [0.05, 0.1) is 17.6 Å². The Morgan fingerprint density at radius 3 is 2.65 bits per heavy atom. The predicted octanol–water partition coefficient (Wildman–Crippen LogP) is 2.17. The van der Waals surface area contributed by atoms with E-state index >= 15 is 0 Å². The second kappa shape index (κ2) is 6.59. The standard InChI is InChI=1S/C16H24N4O2S/c1-19-15-11-7-6-10-14(15)18-16(19)12-17-23(21,22)20(2)13-8-4-3-5-9-13/h6-7,10-11,13,17H,3-5,8-9,12H2,1-2H3. The highest BCUT2D eigenvalue weighted by Gasteiger charge is 2.27. The Labute approximate surface area is 137 Å². The van der Waals surface area contributed by atoms with E-state index in [9.17, 15) is 8.42 Å². The lowest BCUT2D eigenvalue weighted by molar-refractivity contribution is 0.282. The number of nitrogens with one attached hydrogen (secondary N) is 1. The van der Waals surface area contributed by atoms with E-state index in [4.69, 9.17) is 0 Å². The minimum atomic E-state index is -3.48. The molecule has 0 spiro atoms. The van der Waals surface area contributed by atoms with E-state index in [1.54, 1.807) is 7.05 Å². The van der Waals surface area contributed by atoms with Gasteiger partial charge in [0.1, 0.15) is 5.82 Å². The zero-order valence-electron chi connectivity index (χ0n) is 13.7. The van der Waals surface area contributed by atoms with Crippen molar-refractivity contribution in [2.75, 3.05) is 7.05 Å². The summed E-state index contributed by atoms with van der Waals surface area (Å²) in [5.41, 5.74) is 1.88. The van der Waals surface area contributed by atoms with Crippen molar-refractivity contribution in [3.8, 4) is 0 Å². The molecule has 7 heteroatoms. The third-order valence-electron chi connectivity index (χ3n) is 4.76. The Kier molecular flexibility index (Phi) is 4.70. The summed E-state index contributed by atoms with van der Waals surface area (Å²) in [5, 5.41) is 0. The van der Waals surface area contributed by atoms with E-state index in [1.165, 1.54) is 10.7 Å². The maximum absolute atomic E-state index is 12.5. The average molecular weight is 336 g/mol. The van der Waals surface area contributed by atoms with Gasteiger partial charge < -0.3 is 4.57 Å². The average Bonchev–Trinajstić information content (AvgIpc) is 2.90. The van der Waals surface area contributed by atoms with E-state index in [-0.39, 0.29) is 12.6 Å². The van der Waals surface area contributed by atoms with Crippen molar-refractivity contribution < 1.29 is 8.42 Å². The van der Waals surface area contributed by atoms with E-state index in [1.807, 2.05) is 35.9 Å². The van der Waals surface area contributed by atoms with Crippen LogP contribution in [0.4, 0.5) is 0 Å². The highest BCUT2D eigenvalue weighted by molar-refractivity contribution is 7.87. The fourth-order valence-electron chi connectivity index (χ4n) is 3.25. The Morgan fingerprint density at radius 2 is 1.96 bits per heavy atom. The van der Waals surface area contributed by atoms with Gasteiger partial charge in [0.25, 0.3) is 10.2 Å². The SMILES string of the molecule is CN(C1CCCCC1)S(=O)(=O)NCc1nc2ccccc2n1C. The summed E-state index contributed by atoms with van der Waals surface area (Å²) in [5.74, 6) is 0.715. The minimum Gasteiger partial charge on any atom is -0.330 e. The number of aromatic nitrogens is 2. The molecule has 1 heterocycles. The van der Waals surface area contributed by atoms with Crippen molar-refractivity contribution >= 4 is 21.2 Å². The molecule has 1 fully saturated rings. The Bertz CT molecular complexity index is 778. The molecule has 0 aliphatic heterocycles. The topological polar surface area (TPSA) is 67.2 Å². The molecule has 0 bridgehead atoms. The predicted molar refractivity (Wildman–Crippen MR) is 91.1 cm³/mol. The second-order valence-electron chi connectivity index (χ2n) is 6.21. The summed E-state index contributed by atoms with van der Waals surface area (Å²) in [7, 11) is 0.0981. The fraction of sp³-hybridized carbons (Fsp3) is 0.562. The first kappa shape index (κ1) is 16.4. The number of hydrogen-bond acceptors (Lipinski definition) is 3. The van der Waals surface area contributed by atoms with Crippen molar-refractivity contribution in [3.05, 3.63) is 30.1 Å². The number of aryl methyl sites for hydroxylation is 1. The van der Waals surface area contributed by atoms with Crippen LogP contribution in [0, 0.1) is 0 Å². The number of nitrogens with zero attached hydrogens (tertiary/aromatic N) is 3. The van der Waals surface area contributed by atoms with E-state index < -0.39 is 10.2 Å². The van der Waals surface area contributed by atoms with Gasteiger partial charge in [-0.1, -0.05) is 31.4 Å². The molecule has 1 aliphatic rings. The number of para-hydroxylation sites is 2. The number of fused-ring (bicyclic) bond motifs is 1. The monoisotopic (exact) mass is 336 g/mol. The van der Waals surface area contributed by atoms with E-state index in [0.717, 1.165) is 36.7 Å². The number of rotatable bonds is 5. The highest BCUT2D eigenvalue weighted by atomic mass is 32.2. The van der Waals surface area contributed by atoms with Crippen LogP contribution in [0.5, 0.6) is 0 Å². The molecule has 0 atom stereocenters. The summed E-state index contributed by atoms with van der Waals surface area (Å²) in [6.45, 7) is 0.199. The molecule has 1 aromatic heterocycles. The van der Waals surface area contributed by atoms with Crippen LogP contribution in [-0.4, -0.2) is 35.4 Å². The fourth-order valence-corrected chi connectivity index (χ4v) is 4.37. The summed E-state index contributed by atoms with van der Waals surface area (Å²) in [6.07, 6.45) is 5.32.